The molecule has 2 rings (SSSR count). The number of hydrogen-bond acceptors (Lipinski definition) is 3. The van der Waals surface area contributed by atoms with E-state index in [1.165, 1.54) is 6.07 Å². The molecule has 3 nitrogen and oxygen atoms in total. The van der Waals surface area contributed by atoms with Crippen molar-refractivity contribution in [2.75, 3.05) is 5.75 Å². The predicted octanol–water partition coefficient (Wildman–Crippen LogP) is 4.97. The standard InChI is InChI=1S/C18H19F3O3S/c1-2-14-6-3-7-15(12-14)16-8-4-9-17(13-16)24-25(22,23)11-5-10-18(19,20)21/h3-4,6-9,12-13H,2,5,10-11H2,1H3. The van der Waals surface area contributed by atoms with Crippen LogP contribution in [0, 0.1) is 0 Å². The summed E-state index contributed by atoms with van der Waals surface area (Å²) < 4.78 is 65.0. The normalized spacial score (nSPS) is 12.2. The molecule has 0 fully saturated rings. The Hall–Kier alpha value is -2.02. The summed E-state index contributed by atoms with van der Waals surface area (Å²) >= 11 is 0. The lowest BCUT2D eigenvalue weighted by Crippen LogP contribution is -2.16. The summed E-state index contributed by atoms with van der Waals surface area (Å²) in [6.45, 7) is 2.03. The van der Waals surface area contributed by atoms with E-state index in [2.05, 4.69) is 0 Å². The van der Waals surface area contributed by atoms with Gasteiger partial charge in [0, 0.05) is 6.42 Å². The van der Waals surface area contributed by atoms with Crippen molar-refractivity contribution in [3.8, 4) is 16.9 Å². The fourth-order valence-corrected chi connectivity index (χ4v) is 3.31. The van der Waals surface area contributed by atoms with Gasteiger partial charge in [0.05, 0.1) is 5.75 Å². The van der Waals surface area contributed by atoms with Crippen LogP contribution >= 0.6 is 0 Å². The van der Waals surface area contributed by atoms with E-state index in [0.717, 1.165) is 23.1 Å². The lowest BCUT2D eigenvalue weighted by molar-refractivity contribution is -0.134. The Morgan fingerprint density at radius 2 is 1.64 bits per heavy atom. The molecule has 0 saturated heterocycles. The van der Waals surface area contributed by atoms with Gasteiger partial charge in [-0.15, -0.1) is 0 Å². The molecule has 2 aromatic carbocycles. The maximum atomic E-state index is 12.1. The number of rotatable bonds is 7. The van der Waals surface area contributed by atoms with Gasteiger partial charge < -0.3 is 4.18 Å². The van der Waals surface area contributed by atoms with Crippen molar-refractivity contribution >= 4 is 10.1 Å². The molecule has 0 aromatic heterocycles. The largest absolute Gasteiger partial charge is 0.389 e. The van der Waals surface area contributed by atoms with Gasteiger partial charge in [-0.05, 0) is 41.7 Å². The minimum absolute atomic E-state index is 0.0893. The number of hydrogen-bond donors (Lipinski definition) is 0. The second-order valence-corrected chi connectivity index (χ2v) is 7.34. The van der Waals surface area contributed by atoms with Crippen LogP contribution in [0.15, 0.2) is 48.5 Å². The SMILES string of the molecule is CCc1cccc(-c2cccc(OS(=O)(=O)CCCC(F)(F)F)c2)c1. The fraction of sp³-hybridized carbons (Fsp3) is 0.333. The first-order chi connectivity index (χ1) is 11.7. The number of aryl methyl sites for hydroxylation is 1. The van der Waals surface area contributed by atoms with Crippen LogP contribution in [0.4, 0.5) is 13.2 Å². The summed E-state index contributed by atoms with van der Waals surface area (Å²) in [6, 6.07) is 14.3. The molecule has 0 bridgehead atoms. The van der Waals surface area contributed by atoms with E-state index >= 15 is 0 Å². The number of benzene rings is 2. The summed E-state index contributed by atoms with van der Waals surface area (Å²) in [5, 5.41) is 0. The van der Waals surface area contributed by atoms with Crippen LogP contribution in [0.25, 0.3) is 11.1 Å². The summed E-state index contributed by atoms with van der Waals surface area (Å²) in [6.07, 6.45) is -5.18. The van der Waals surface area contributed by atoms with Gasteiger partial charge >= 0.3 is 16.3 Å². The fourth-order valence-electron chi connectivity index (χ4n) is 2.34. The zero-order chi connectivity index (χ0) is 18.5. The molecule has 25 heavy (non-hydrogen) atoms. The van der Waals surface area contributed by atoms with Gasteiger partial charge in [0.2, 0.25) is 0 Å². The monoisotopic (exact) mass is 372 g/mol. The van der Waals surface area contributed by atoms with Gasteiger partial charge in [-0.25, -0.2) is 0 Å². The van der Waals surface area contributed by atoms with Crippen molar-refractivity contribution in [1.82, 2.24) is 0 Å². The van der Waals surface area contributed by atoms with Crippen molar-refractivity contribution < 1.29 is 25.8 Å². The molecule has 136 valence electrons. The highest BCUT2D eigenvalue weighted by molar-refractivity contribution is 7.87. The second kappa shape index (κ2) is 7.91. The molecule has 0 aliphatic rings. The smallest absolute Gasteiger partial charge is 0.382 e. The minimum atomic E-state index is -4.38. The van der Waals surface area contributed by atoms with E-state index in [-0.39, 0.29) is 5.75 Å². The van der Waals surface area contributed by atoms with Crippen molar-refractivity contribution in [2.45, 2.75) is 32.4 Å². The molecule has 7 heteroatoms. The van der Waals surface area contributed by atoms with E-state index in [1.54, 1.807) is 12.1 Å². The molecule has 0 aliphatic carbocycles. The van der Waals surface area contributed by atoms with Gasteiger partial charge in [-0.3, -0.25) is 0 Å². The van der Waals surface area contributed by atoms with Gasteiger partial charge in [-0.2, -0.15) is 21.6 Å². The average molecular weight is 372 g/mol. The molecular weight excluding hydrogens is 353 g/mol. The molecule has 0 aliphatic heterocycles. The van der Waals surface area contributed by atoms with Crippen LogP contribution in [0.5, 0.6) is 5.75 Å². The first-order valence-electron chi connectivity index (χ1n) is 7.87. The molecular formula is C18H19F3O3S. The van der Waals surface area contributed by atoms with Crippen molar-refractivity contribution in [3.05, 3.63) is 54.1 Å². The molecule has 0 amide bonds. The third kappa shape index (κ3) is 6.42. The van der Waals surface area contributed by atoms with E-state index in [9.17, 15) is 21.6 Å². The van der Waals surface area contributed by atoms with E-state index in [4.69, 9.17) is 4.18 Å². The molecule has 0 spiro atoms. The Morgan fingerprint density at radius 3 is 2.28 bits per heavy atom. The Bertz CT molecular complexity index is 814. The summed E-state index contributed by atoms with van der Waals surface area (Å²) in [4.78, 5) is 0. The number of halogens is 3. The molecule has 0 atom stereocenters. The van der Waals surface area contributed by atoms with E-state index in [0.29, 0.717) is 0 Å². The number of alkyl halides is 3. The Morgan fingerprint density at radius 1 is 1.00 bits per heavy atom. The first-order valence-corrected chi connectivity index (χ1v) is 9.44. The predicted molar refractivity (Wildman–Crippen MR) is 91.0 cm³/mol. The molecule has 0 N–H and O–H groups in total. The zero-order valence-electron chi connectivity index (χ0n) is 13.7. The Balaban J connectivity index is 2.10. The minimum Gasteiger partial charge on any atom is -0.382 e. The van der Waals surface area contributed by atoms with Crippen LogP contribution in [0.3, 0.4) is 0 Å². The molecule has 0 saturated carbocycles. The maximum Gasteiger partial charge on any atom is 0.389 e. The quantitative estimate of drug-likeness (QED) is 0.645. The molecule has 0 unspecified atom stereocenters. The molecule has 0 radical (unpaired) electrons. The van der Waals surface area contributed by atoms with Crippen LogP contribution in [0.1, 0.15) is 25.3 Å². The van der Waals surface area contributed by atoms with Gasteiger partial charge in [-0.1, -0.05) is 43.3 Å². The van der Waals surface area contributed by atoms with Gasteiger partial charge in [0.25, 0.3) is 0 Å². The topological polar surface area (TPSA) is 43.4 Å². The zero-order valence-corrected chi connectivity index (χ0v) is 14.5. The van der Waals surface area contributed by atoms with Crippen LogP contribution in [0.2, 0.25) is 0 Å². The third-order valence-electron chi connectivity index (χ3n) is 3.58. The Labute approximate surface area is 145 Å². The van der Waals surface area contributed by atoms with Crippen LogP contribution in [-0.4, -0.2) is 20.3 Å². The summed E-state index contributed by atoms with van der Waals surface area (Å²) in [7, 11) is -4.07. The summed E-state index contributed by atoms with van der Waals surface area (Å²) in [5.74, 6) is -0.589. The first kappa shape index (κ1) is 19.3. The van der Waals surface area contributed by atoms with E-state index in [1.807, 2.05) is 37.3 Å². The summed E-state index contributed by atoms with van der Waals surface area (Å²) in [5.41, 5.74) is 2.83. The van der Waals surface area contributed by atoms with Crippen molar-refractivity contribution in [2.24, 2.45) is 0 Å². The second-order valence-electron chi connectivity index (χ2n) is 5.65. The highest BCUT2D eigenvalue weighted by Crippen LogP contribution is 2.26. The van der Waals surface area contributed by atoms with Crippen LogP contribution < -0.4 is 4.18 Å². The van der Waals surface area contributed by atoms with Crippen molar-refractivity contribution in [3.63, 3.8) is 0 Å². The van der Waals surface area contributed by atoms with Gasteiger partial charge in [0.1, 0.15) is 5.75 Å². The highest BCUT2D eigenvalue weighted by Gasteiger charge is 2.27. The molecule has 2 aromatic rings. The lowest BCUT2D eigenvalue weighted by atomic mass is 10.0. The average Bonchev–Trinajstić information content (AvgIpc) is 2.53. The third-order valence-corrected chi connectivity index (χ3v) is 4.82. The van der Waals surface area contributed by atoms with Crippen molar-refractivity contribution in [1.29, 1.82) is 0 Å². The Kier molecular flexibility index (Phi) is 6.11. The highest BCUT2D eigenvalue weighted by atomic mass is 32.2. The van der Waals surface area contributed by atoms with Crippen LogP contribution in [-0.2, 0) is 16.5 Å². The van der Waals surface area contributed by atoms with E-state index < -0.39 is 34.9 Å². The maximum absolute atomic E-state index is 12.1. The molecule has 0 heterocycles. The lowest BCUT2D eigenvalue weighted by Gasteiger charge is -2.10. The van der Waals surface area contributed by atoms with Gasteiger partial charge in [0.15, 0.2) is 0 Å².